The normalized spacial score (nSPS) is 16.9. The van der Waals surface area contributed by atoms with Crippen molar-refractivity contribution in [3.63, 3.8) is 0 Å². The van der Waals surface area contributed by atoms with Crippen molar-refractivity contribution in [1.29, 1.82) is 0 Å². The minimum atomic E-state index is -5.10. The maximum atomic E-state index is 14.7. The number of carbonyl (C=O) groups excluding carboxylic acids is 2. The van der Waals surface area contributed by atoms with E-state index in [1.54, 1.807) is 12.1 Å². The number of nitrogens with zero attached hydrogens (tertiary/aromatic N) is 1. The van der Waals surface area contributed by atoms with Crippen LogP contribution >= 0.6 is 0 Å². The average Bonchev–Trinajstić information content (AvgIpc) is 2.84. The van der Waals surface area contributed by atoms with Crippen molar-refractivity contribution in [2.45, 2.75) is 18.3 Å². The van der Waals surface area contributed by atoms with Crippen LogP contribution in [0, 0.1) is 5.82 Å². The number of phenols is 1. The molecule has 0 bridgehead atoms. The fraction of sp³-hybridized carbons (Fsp3) is 0.208. The van der Waals surface area contributed by atoms with E-state index in [0.717, 1.165) is 25.3 Å². The zero-order valence-corrected chi connectivity index (χ0v) is 18.6. The van der Waals surface area contributed by atoms with Gasteiger partial charge in [-0.1, -0.05) is 6.07 Å². The Morgan fingerprint density at radius 2 is 1.94 bits per heavy atom. The van der Waals surface area contributed by atoms with E-state index in [9.17, 15) is 32.3 Å². The molecule has 4 rings (SSSR count). The number of esters is 1. The smallest absolute Gasteiger partial charge is 0.507 e. The number of aromatic nitrogens is 1. The molecule has 1 amide bonds. The molecule has 0 fully saturated rings. The van der Waals surface area contributed by atoms with Gasteiger partial charge in [-0.3, -0.25) is 9.78 Å². The molecule has 0 saturated carbocycles. The SMILES string of the molecule is COC(=O)c1ccc(C(=O)N[C@]2(c3ccc(OC(F)(F)F)c(F)c3)CCOc3cccnc32)cc1O. The Bertz CT molecular complexity index is 1330. The molecule has 1 atom stereocenters. The number of ether oxygens (including phenoxy) is 3. The van der Waals surface area contributed by atoms with Crippen LogP contribution in [0.15, 0.2) is 54.7 Å². The number of carbonyl (C=O) groups is 2. The number of hydrogen-bond donors (Lipinski definition) is 2. The van der Waals surface area contributed by atoms with Crippen LogP contribution in [-0.4, -0.2) is 42.0 Å². The van der Waals surface area contributed by atoms with Crippen LogP contribution in [0.5, 0.6) is 17.2 Å². The van der Waals surface area contributed by atoms with Gasteiger partial charge in [0.2, 0.25) is 0 Å². The highest BCUT2D eigenvalue weighted by atomic mass is 19.4. The fourth-order valence-corrected chi connectivity index (χ4v) is 3.93. The fourth-order valence-electron chi connectivity index (χ4n) is 3.93. The van der Waals surface area contributed by atoms with E-state index in [0.29, 0.717) is 0 Å². The Labute approximate surface area is 201 Å². The number of pyridine rings is 1. The highest BCUT2D eigenvalue weighted by molar-refractivity contribution is 5.98. The van der Waals surface area contributed by atoms with E-state index in [1.807, 2.05) is 0 Å². The first-order valence-corrected chi connectivity index (χ1v) is 10.4. The maximum Gasteiger partial charge on any atom is 0.573 e. The van der Waals surface area contributed by atoms with Crippen molar-refractivity contribution < 1.29 is 46.5 Å². The monoisotopic (exact) mass is 506 g/mol. The standard InChI is InChI=1S/C24H18F4N2O6/c1-34-22(33)15-6-4-13(11-17(15)31)21(32)30-23(8-10-35-19-3-2-9-29-20(19)23)14-5-7-18(16(25)12-14)36-24(26,27)28/h2-7,9,11-12,31H,8,10H2,1H3,(H,30,32)/t23-/m0/s1. The summed E-state index contributed by atoms with van der Waals surface area (Å²) < 4.78 is 66.4. The van der Waals surface area contributed by atoms with Gasteiger partial charge in [-0.2, -0.15) is 0 Å². The summed E-state index contributed by atoms with van der Waals surface area (Å²) in [5, 5.41) is 12.9. The maximum absolute atomic E-state index is 14.7. The number of nitrogens with one attached hydrogen (secondary N) is 1. The van der Waals surface area contributed by atoms with Crippen molar-refractivity contribution in [1.82, 2.24) is 10.3 Å². The lowest BCUT2D eigenvalue weighted by Gasteiger charge is -2.39. The molecule has 3 aromatic rings. The third-order valence-electron chi connectivity index (χ3n) is 5.55. The molecule has 0 radical (unpaired) electrons. The summed E-state index contributed by atoms with van der Waals surface area (Å²) in [6, 6.07) is 9.50. The molecule has 0 aliphatic carbocycles. The number of phenolic OH excluding ortho intramolecular Hbond substituents is 1. The van der Waals surface area contributed by atoms with Gasteiger partial charge in [0.05, 0.1) is 13.7 Å². The highest BCUT2D eigenvalue weighted by Crippen LogP contribution is 2.42. The van der Waals surface area contributed by atoms with Crippen molar-refractivity contribution >= 4 is 11.9 Å². The van der Waals surface area contributed by atoms with E-state index in [4.69, 9.17) is 4.74 Å². The zero-order chi connectivity index (χ0) is 26.1. The Morgan fingerprint density at radius 3 is 2.61 bits per heavy atom. The van der Waals surface area contributed by atoms with Gasteiger partial charge >= 0.3 is 12.3 Å². The van der Waals surface area contributed by atoms with Gasteiger partial charge in [-0.15, -0.1) is 13.2 Å². The number of amides is 1. The third kappa shape index (κ3) is 4.74. The predicted octanol–water partition coefficient (Wildman–Crippen LogP) is 4.07. The van der Waals surface area contributed by atoms with E-state index < -0.39 is 41.1 Å². The van der Waals surface area contributed by atoms with Crippen molar-refractivity contribution in [3.05, 3.63) is 82.9 Å². The van der Waals surface area contributed by atoms with E-state index in [1.165, 1.54) is 24.4 Å². The lowest BCUT2D eigenvalue weighted by Crippen LogP contribution is -2.50. The average molecular weight is 506 g/mol. The highest BCUT2D eigenvalue weighted by Gasteiger charge is 2.43. The summed E-state index contributed by atoms with van der Waals surface area (Å²) in [6.07, 6.45) is -3.63. The van der Waals surface area contributed by atoms with Gasteiger partial charge in [-0.05, 0) is 48.0 Å². The first-order valence-electron chi connectivity index (χ1n) is 10.4. The first kappa shape index (κ1) is 24.8. The van der Waals surface area contributed by atoms with Crippen LogP contribution in [0.25, 0.3) is 0 Å². The van der Waals surface area contributed by atoms with E-state index >= 15 is 0 Å². The first-order chi connectivity index (χ1) is 17.0. The largest absolute Gasteiger partial charge is 0.573 e. The Balaban J connectivity index is 1.78. The zero-order valence-electron chi connectivity index (χ0n) is 18.6. The number of alkyl halides is 3. The van der Waals surface area contributed by atoms with Gasteiger partial charge < -0.3 is 24.6 Å². The van der Waals surface area contributed by atoms with E-state index in [-0.39, 0.29) is 41.2 Å². The van der Waals surface area contributed by atoms with Gasteiger partial charge in [0.25, 0.3) is 5.91 Å². The van der Waals surface area contributed by atoms with Gasteiger partial charge in [0.1, 0.15) is 28.3 Å². The molecular formula is C24H18F4N2O6. The number of aromatic hydroxyl groups is 1. The second-order valence-corrected chi connectivity index (χ2v) is 7.72. The van der Waals surface area contributed by atoms with Crippen LogP contribution in [0.3, 0.4) is 0 Å². The molecular weight excluding hydrogens is 488 g/mol. The Kier molecular flexibility index (Phi) is 6.44. The molecule has 188 valence electrons. The summed E-state index contributed by atoms with van der Waals surface area (Å²) >= 11 is 0. The molecule has 8 nitrogen and oxygen atoms in total. The molecule has 1 aliphatic rings. The van der Waals surface area contributed by atoms with Crippen LogP contribution < -0.4 is 14.8 Å². The molecule has 1 aliphatic heterocycles. The number of benzene rings is 2. The van der Waals surface area contributed by atoms with Crippen LogP contribution in [-0.2, 0) is 10.3 Å². The number of methoxy groups -OCH3 is 1. The number of fused-ring (bicyclic) bond motifs is 1. The third-order valence-corrected chi connectivity index (χ3v) is 5.55. The molecule has 2 heterocycles. The Morgan fingerprint density at radius 1 is 1.17 bits per heavy atom. The second kappa shape index (κ2) is 9.36. The number of halogens is 4. The van der Waals surface area contributed by atoms with Crippen molar-refractivity contribution in [2.75, 3.05) is 13.7 Å². The van der Waals surface area contributed by atoms with Gasteiger partial charge in [0, 0.05) is 18.2 Å². The summed E-state index contributed by atoms with van der Waals surface area (Å²) in [4.78, 5) is 29.3. The topological polar surface area (TPSA) is 107 Å². The van der Waals surface area contributed by atoms with Crippen molar-refractivity contribution in [3.8, 4) is 17.2 Å². The Hall–Kier alpha value is -4.35. The molecule has 2 N–H and O–H groups in total. The lowest BCUT2D eigenvalue weighted by atomic mass is 9.81. The molecule has 0 spiro atoms. The second-order valence-electron chi connectivity index (χ2n) is 7.72. The molecule has 0 unspecified atom stereocenters. The van der Waals surface area contributed by atoms with E-state index in [2.05, 4.69) is 19.8 Å². The molecule has 36 heavy (non-hydrogen) atoms. The molecule has 2 aromatic carbocycles. The number of rotatable bonds is 5. The summed E-state index contributed by atoms with van der Waals surface area (Å²) in [5.41, 5.74) is -1.45. The summed E-state index contributed by atoms with van der Waals surface area (Å²) in [6.45, 7) is 0.0634. The minimum absolute atomic E-state index is 0.0495. The van der Waals surface area contributed by atoms with Gasteiger partial charge in [0.15, 0.2) is 11.6 Å². The lowest BCUT2D eigenvalue weighted by molar-refractivity contribution is -0.275. The van der Waals surface area contributed by atoms with Crippen LogP contribution in [0.2, 0.25) is 0 Å². The number of hydrogen-bond acceptors (Lipinski definition) is 7. The van der Waals surface area contributed by atoms with Crippen molar-refractivity contribution in [2.24, 2.45) is 0 Å². The quantitative estimate of drug-likeness (QED) is 0.397. The molecule has 1 aromatic heterocycles. The molecule has 12 heteroatoms. The van der Waals surface area contributed by atoms with Crippen LogP contribution in [0.4, 0.5) is 17.6 Å². The summed E-state index contributed by atoms with van der Waals surface area (Å²) in [7, 11) is 1.13. The van der Waals surface area contributed by atoms with Gasteiger partial charge in [-0.25, -0.2) is 9.18 Å². The van der Waals surface area contributed by atoms with Crippen LogP contribution in [0.1, 0.15) is 38.4 Å². The molecule has 0 saturated heterocycles. The summed E-state index contributed by atoms with van der Waals surface area (Å²) in [5.74, 6) is -4.11. The predicted molar refractivity (Wildman–Crippen MR) is 115 cm³/mol. The minimum Gasteiger partial charge on any atom is -0.507 e.